The molecule has 0 radical (unpaired) electrons. The lowest BCUT2D eigenvalue weighted by Crippen LogP contribution is -2.31. The molecule has 0 aromatic carbocycles. The molecule has 0 saturated heterocycles. The van der Waals surface area contributed by atoms with E-state index in [-0.39, 0.29) is 11.2 Å². The zero-order chi connectivity index (χ0) is 8.27. The lowest BCUT2D eigenvalue weighted by molar-refractivity contribution is -0.120. The van der Waals surface area contributed by atoms with Crippen LogP contribution >= 0.6 is 11.8 Å². The van der Waals surface area contributed by atoms with Crippen LogP contribution in [0, 0.1) is 0 Å². The Morgan fingerprint density at radius 2 is 2.64 bits per heavy atom. The number of thioether (sulfide) groups is 1. The van der Waals surface area contributed by atoms with Crippen LogP contribution in [-0.4, -0.2) is 17.7 Å². The number of rotatable bonds is 2. The fraction of sp³-hybridized carbons (Fsp3) is 0.625. The highest BCUT2D eigenvalue weighted by Crippen LogP contribution is 2.29. The van der Waals surface area contributed by atoms with Gasteiger partial charge in [0.1, 0.15) is 0 Å². The highest BCUT2D eigenvalue weighted by Gasteiger charge is 2.21. The summed E-state index contributed by atoms with van der Waals surface area (Å²) in [6, 6.07) is 0. The van der Waals surface area contributed by atoms with Crippen molar-refractivity contribution in [2.24, 2.45) is 0 Å². The molecule has 0 aromatic rings. The van der Waals surface area contributed by atoms with Crippen molar-refractivity contribution in [2.45, 2.75) is 25.5 Å². The summed E-state index contributed by atoms with van der Waals surface area (Å²) in [7, 11) is 0. The van der Waals surface area contributed by atoms with Crippen molar-refractivity contribution < 1.29 is 4.79 Å². The third kappa shape index (κ3) is 2.26. The fourth-order valence-corrected chi connectivity index (χ4v) is 2.09. The molecule has 2 nitrogen and oxygen atoms in total. The first-order chi connectivity index (χ1) is 5.24. The fourth-order valence-electron chi connectivity index (χ4n) is 1.03. The number of amides is 1. The Labute approximate surface area is 71.4 Å². The van der Waals surface area contributed by atoms with E-state index in [1.165, 1.54) is 5.57 Å². The zero-order valence-corrected chi connectivity index (χ0v) is 7.70. The maximum atomic E-state index is 11.2. The number of hydrogen-bond acceptors (Lipinski definition) is 2. The molecule has 1 atom stereocenters. The van der Waals surface area contributed by atoms with Gasteiger partial charge in [0, 0.05) is 6.54 Å². The minimum absolute atomic E-state index is 0.134. The minimum atomic E-state index is 0.134. The lowest BCUT2D eigenvalue weighted by Gasteiger charge is -2.07. The average Bonchev–Trinajstić information content (AvgIpc) is 2.36. The van der Waals surface area contributed by atoms with Crippen molar-refractivity contribution in [2.75, 3.05) is 6.54 Å². The molecule has 0 saturated carbocycles. The Morgan fingerprint density at radius 3 is 3.09 bits per heavy atom. The van der Waals surface area contributed by atoms with Crippen molar-refractivity contribution in [3.05, 3.63) is 11.0 Å². The number of carbonyl (C=O) groups excluding carboxylic acids is 1. The molecule has 1 N–H and O–H groups in total. The predicted molar refractivity (Wildman–Crippen MR) is 48.4 cm³/mol. The van der Waals surface area contributed by atoms with Crippen LogP contribution in [0.15, 0.2) is 11.0 Å². The van der Waals surface area contributed by atoms with E-state index in [1.54, 1.807) is 11.8 Å². The van der Waals surface area contributed by atoms with Crippen LogP contribution in [0.1, 0.15) is 20.3 Å². The number of allylic oxidation sites excluding steroid dienone is 1. The quantitative estimate of drug-likeness (QED) is 0.682. The molecule has 62 valence electrons. The first-order valence-corrected chi connectivity index (χ1v) is 4.77. The smallest absolute Gasteiger partial charge is 0.233 e. The van der Waals surface area contributed by atoms with Gasteiger partial charge in [-0.05, 0) is 25.7 Å². The highest BCUT2D eigenvalue weighted by molar-refractivity contribution is 8.03. The summed E-state index contributed by atoms with van der Waals surface area (Å²) in [4.78, 5) is 11.2. The number of hydrogen-bond donors (Lipinski definition) is 1. The molecule has 0 aromatic heterocycles. The van der Waals surface area contributed by atoms with Crippen molar-refractivity contribution in [1.82, 2.24) is 5.32 Å². The Balaban J connectivity index is 2.34. The molecule has 0 fully saturated rings. The van der Waals surface area contributed by atoms with Crippen molar-refractivity contribution in [3.63, 3.8) is 0 Å². The molecule has 1 unspecified atom stereocenters. The van der Waals surface area contributed by atoms with E-state index in [0.29, 0.717) is 0 Å². The van der Waals surface area contributed by atoms with Crippen LogP contribution in [0.3, 0.4) is 0 Å². The molecule has 1 heterocycles. The van der Waals surface area contributed by atoms with Gasteiger partial charge in [-0.15, -0.1) is 11.8 Å². The van der Waals surface area contributed by atoms with Gasteiger partial charge in [-0.2, -0.15) is 0 Å². The van der Waals surface area contributed by atoms with Crippen LogP contribution in [-0.2, 0) is 4.79 Å². The van der Waals surface area contributed by atoms with Gasteiger partial charge >= 0.3 is 0 Å². The van der Waals surface area contributed by atoms with Crippen molar-refractivity contribution in [1.29, 1.82) is 0 Å². The summed E-state index contributed by atoms with van der Waals surface area (Å²) in [5.41, 5.74) is 1.31. The van der Waals surface area contributed by atoms with Gasteiger partial charge in [0.15, 0.2) is 0 Å². The van der Waals surface area contributed by atoms with E-state index in [2.05, 4.69) is 17.6 Å². The lowest BCUT2D eigenvalue weighted by atomic mass is 10.2. The molecule has 1 rings (SSSR count). The molecule has 0 spiro atoms. The third-order valence-electron chi connectivity index (χ3n) is 1.58. The molecule has 3 heteroatoms. The molecular weight excluding hydrogens is 158 g/mol. The van der Waals surface area contributed by atoms with Gasteiger partial charge in [0.25, 0.3) is 0 Å². The van der Waals surface area contributed by atoms with Gasteiger partial charge in [-0.3, -0.25) is 4.79 Å². The first-order valence-electron chi connectivity index (χ1n) is 3.83. The standard InChI is InChI=1S/C8H13NOS/c1-3-9-8(10)7-4-6(2)5-11-7/h5,7H,3-4H2,1-2H3,(H,9,10). The number of carbonyl (C=O) groups is 1. The van der Waals surface area contributed by atoms with E-state index in [1.807, 2.05) is 6.92 Å². The maximum Gasteiger partial charge on any atom is 0.233 e. The third-order valence-corrected chi connectivity index (χ3v) is 2.83. The van der Waals surface area contributed by atoms with Crippen LogP contribution in [0.4, 0.5) is 0 Å². The monoisotopic (exact) mass is 171 g/mol. The van der Waals surface area contributed by atoms with E-state index >= 15 is 0 Å². The van der Waals surface area contributed by atoms with Crippen molar-refractivity contribution in [3.8, 4) is 0 Å². The Bertz CT molecular complexity index is 189. The van der Waals surface area contributed by atoms with E-state index in [9.17, 15) is 4.79 Å². The topological polar surface area (TPSA) is 29.1 Å². The minimum Gasteiger partial charge on any atom is -0.355 e. The molecular formula is C8H13NOS. The van der Waals surface area contributed by atoms with Gasteiger partial charge in [-0.1, -0.05) is 5.57 Å². The van der Waals surface area contributed by atoms with Crippen LogP contribution in [0.25, 0.3) is 0 Å². The normalized spacial score (nSPS) is 23.1. The van der Waals surface area contributed by atoms with Crippen LogP contribution < -0.4 is 5.32 Å². The van der Waals surface area contributed by atoms with Gasteiger partial charge in [0.05, 0.1) is 5.25 Å². The largest absolute Gasteiger partial charge is 0.355 e. The molecule has 0 aliphatic carbocycles. The average molecular weight is 171 g/mol. The Kier molecular flexibility index (Phi) is 3.00. The molecule has 1 aliphatic heterocycles. The summed E-state index contributed by atoms with van der Waals surface area (Å²) >= 11 is 1.62. The molecule has 1 amide bonds. The Hall–Kier alpha value is -0.440. The van der Waals surface area contributed by atoms with Gasteiger partial charge in [0.2, 0.25) is 5.91 Å². The SMILES string of the molecule is CCNC(=O)C1CC(C)=CS1. The van der Waals surface area contributed by atoms with Crippen LogP contribution in [0.2, 0.25) is 0 Å². The van der Waals surface area contributed by atoms with E-state index < -0.39 is 0 Å². The molecule has 0 bridgehead atoms. The number of nitrogens with one attached hydrogen (secondary N) is 1. The summed E-state index contributed by atoms with van der Waals surface area (Å²) in [6.07, 6.45) is 0.913. The molecule has 1 aliphatic rings. The summed E-state index contributed by atoms with van der Waals surface area (Å²) in [6.45, 7) is 4.74. The summed E-state index contributed by atoms with van der Waals surface area (Å²) < 4.78 is 0. The Morgan fingerprint density at radius 1 is 1.91 bits per heavy atom. The van der Waals surface area contributed by atoms with Gasteiger partial charge < -0.3 is 5.32 Å². The zero-order valence-electron chi connectivity index (χ0n) is 6.89. The van der Waals surface area contributed by atoms with Crippen LogP contribution in [0.5, 0.6) is 0 Å². The highest BCUT2D eigenvalue weighted by atomic mass is 32.2. The second-order valence-electron chi connectivity index (χ2n) is 2.69. The summed E-state index contributed by atoms with van der Waals surface area (Å²) in [5.74, 6) is 0.172. The van der Waals surface area contributed by atoms with Gasteiger partial charge in [-0.25, -0.2) is 0 Å². The van der Waals surface area contributed by atoms with Crippen molar-refractivity contribution >= 4 is 17.7 Å². The molecule has 11 heavy (non-hydrogen) atoms. The second kappa shape index (κ2) is 3.81. The maximum absolute atomic E-state index is 11.2. The summed E-state index contributed by atoms with van der Waals surface area (Å²) in [5, 5.41) is 5.02. The predicted octanol–water partition coefficient (Wildman–Crippen LogP) is 1.53. The van der Waals surface area contributed by atoms with E-state index in [0.717, 1.165) is 13.0 Å². The first kappa shape index (κ1) is 8.65. The second-order valence-corrected chi connectivity index (χ2v) is 3.76. The van der Waals surface area contributed by atoms with E-state index in [4.69, 9.17) is 0 Å².